The lowest BCUT2D eigenvalue weighted by molar-refractivity contribution is -0.0518. The van der Waals surface area contributed by atoms with Crippen molar-refractivity contribution in [2.24, 2.45) is 0 Å². The van der Waals surface area contributed by atoms with Crippen molar-refractivity contribution in [3.63, 3.8) is 0 Å². The summed E-state index contributed by atoms with van der Waals surface area (Å²) in [6.45, 7) is -2.33. The van der Waals surface area contributed by atoms with Gasteiger partial charge in [0.15, 0.2) is 11.5 Å². The molecule has 0 atom stereocenters. The Morgan fingerprint density at radius 2 is 2.05 bits per heavy atom. The molecule has 1 aliphatic carbocycles. The van der Waals surface area contributed by atoms with Gasteiger partial charge in [0.2, 0.25) is 0 Å². The first kappa shape index (κ1) is 14.1. The van der Waals surface area contributed by atoms with E-state index in [1.807, 2.05) is 0 Å². The fourth-order valence-electron chi connectivity index (χ4n) is 2.47. The molecule has 0 bridgehead atoms. The van der Waals surface area contributed by atoms with Crippen LogP contribution in [0.2, 0.25) is 0 Å². The number of hydrogen-bond acceptors (Lipinski definition) is 3. The molecule has 1 fully saturated rings. The SMILES string of the molecule is COc1cccc(CNC2CCCC2)c1OC(F)F. The highest BCUT2D eigenvalue weighted by Gasteiger charge is 2.18. The number of hydrogen-bond donors (Lipinski definition) is 1. The van der Waals surface area contributed by atoms with E-state index < -0.39 is 6.61 Å². The van der Waals surface area contributed by atoms with Crippen molar-refractivity contribution in [3.8, 4) is 11.5 Å². The Hall–Kier alpha value is -1.36. The Morgan fingerprint density at radius 3 is 2.68 bits per heavy atom. The molecule has 1 aliphatic rings. The third kappa shape index (κ3) is 3.80. The van der Waals surface area contributed by atoms with Gasteiger partial charge >= 0.3 is 6.61 Å². The van der Waals surface area contributed by atoms with Crippen LogP contribution >= 0.6 is 0 Å². The molecule has 2 rings (SSSR count). The second kappa shape index (κ2) is 6.70. The first-order valence-corrected chi connectivity index (χ1v) is 6.54. The van der Waals surface area contributed by atoms with Gasteiger partial charge < -0.3 is 14.8 Å². The summed E-state index contributed by atoms with van der Waals surface area (Å²) in [6, 6.07) is 5.66. The topological polar surface area (TPSA) is 30.5 Å². The van der Waals surface area contributed by atoms with Crippen LogP contribution in [-0.2, 0) is 6.54 Å². The van der Waals surface area contributed by atoms with Gasteiger partial charge in [-0.3, -0.25) is 0 Å². The smallest absolute Gasteiger partial charge is 0.387 e. The van der Waals surface area contributed by atoms with E-state index >= 15 is 0 Å². The molecule has 1 aromatic rings. The molecule has 5 heteroatoms. The summed E-state index contributed by atoms with van der Waals surface area (Å²) in [5, 5.41) is 3.38. The number of alkyl halides is 2. The van der Waals surface area contributed by atoms with Crippen LogP contribution in [0.25, 0.3) is 0 Å². The lowest BCUT2D eigenvalue weighted by atomic mass is 10.1. The Labute approximate surface area is 111 Å². The molecule has 0 aromatic heterocycles. The van der Waals surface area contributed by atoms with Gasteiger partial charge in [-0.2, -0.15) is 8.78 Å². The predicted molar refractivity (Wildman–Crippen MR) is 68.7 cm³/mol. The van der Waals surface area contributed by atoms with Gasteiger partial charge in [0, 0.05) is 18.2 Å². The Bertz CT molecular complexity index is 406. The monoisotopic (exact) mass is 271 g/mol. The number of rotatable bonds is 6. The molecule has 0 unspecified atom stereocenters. The number of ether oxygens (including phenoxy) is 2. The predicted octanol–water partition coefficient (Wildman–Crippen LogP) is 3.33. The molecule has 1 saturated carbocycles. The Morgan fingerprint density at radius 1 is 1.32 bits per heavy atom. The fraction of sp³-hybridized carbons (Fsp3) is 0.571. The number of methoxy groups -OCH3 is 1. The zero-order chi connectivity index (χ0) is 13.7. The molecule has 1 N–H and O–H groups in total. The van der Waals surface area contributed by atoms with Crippen LogP contribution in [0, 0.1) is 0 Å². The first-order chi connectivity index (χ1) is 9.20. The second-order valence-corrected chi connectivity index (χ2v) is 4.69. The van der Waals surface area contributed by atoms with E-state index in [9.17, 15) is 8.78 Å². The van der Waals surface area contributed by atoms with E-state index in [2.05, 4.69) is 10.1 Å². The van der Waals surface area contributed by atoms with Gasteiger partial charge in [-0.25, -0.2) is 0 Å². The summed E-state index contributed by atoms with van der Waals surface area (Å²) in [6.07, 6.45) is 4.76. The third-order valence-corrected chi connectivity index (χ3v) is 3.42. The molecule has 0 radical (unpaired) electrons. The van der Waals surface area contributed by atoms with E-state index in [-0.39, 0.29) is 5.75 Å². The van der Waals surface area contributed by atoms with Crippen molar-refractivity contribution < 1.29 is 18.3 Å². The van der Waals surface area contributed by atoms with E-state index in [0.29, 0.717) is 23.9 Å². The average molecular weight is 271 g/mol. The van der Waals surface area contributed by atoms with Crippen molar-refractivity contribution in [1.82, 2.24) is 5.32 Å². The van der Waals surface area contributed by atoms with Gasteiger partial charge in [-0.15, -0.1) is 0 Å². The quantitative estimate of drug-likeness (QED) is 0.861. The van der Waals surface area contributed by atoms with Crippen molar-refractivity contribution in [2.45, 2.75) is 44.9 Å². The fourth-order valence-corrected chi connectivity index (χ4v) is 2.47. The highest BCUT2D eigenvalue weighted by molar-refractivity contribution is 5.46. The zero-order valence-electron chi connectivity index (χ0n) is 11.0. The molecule has 3 nitrogen and oxygen atoms in total. The standard InChI is InChI=1S/C14H19F2NO2/c1-18-12-8-4-5-10(13(12)19-14(15)16)9-17-11-6-2-3-7-11/h4-5,8,11,14,17H,2-3,6-7,9H2,1H3. The van der Waals surface area contributed by atoms with Crippen LogP contribution in [0.1, 0.15) is 31.2 Å². The van der Waals surface area contributed by atoms with Crippen molar-refractivity contribution >= 4 is 0 Å². The molecule has 0 spiro atoms. The minimum atomic E-state index is -2.85. The van der Waals surface area contributed by atoms with Crippen LogP contribution in [0.3, 0.4) is 0 Å². The number of para-hydroxylation sites is 1. The third-order valence-electron chi connectivity index (χ3n) is 3.42. The molecule has 1 aromatic carbocycles. The Balaban J connectivity index is 2.08. The Kier molecular flexibility index (Phi) is 4.96. The molecule has 0 aliphatic heterocycles. The van der Waals surface area contributed by atoms with Crippen LogP contribution in [0.5, 0.6) is 11.5 Å². The lowest BCUT2D eigenvalue weighted by Crippen LogP contribution is -2.25. The maximum atomic E-state index is 12.5. The molecule has 19 heavy (non-hydrogen) atoms. The summed E-state index contributed by atoms with van der Waals surface area (Å²) >= 11 is 0. The summed E-state index contributed by atoms with van der Waals surface area (Å²) in [4.78, 5) is 0. The van der Waals surface area contributed by atoms with E-state index in [4.69, 9.17) is 4.74 Å². The van der Waals surface area contributed by atoms with Crippen molar-refractivity contribution in [2.75, 3.05) is 7.11 Å². The largest absolute Gasteiger partial charge is 0.493 e. The summed E-state index contributed by atoms with van der Waals surface area (Å²) in [7, 11) is 1.45. The van der Waals surface area contributed by atoms with Gasteiger partial charge in [-0.05, 0) is 18.9 Å². The molecule has 0 saturated heterocycles. The maximum Gasteiger partial charge on any atom is 0.387 e. The molecular weight excluding hydrogens is 252 g/mol. The van der Waals surface area contributed by atoms with Gasteiger partial charge in [0.05, 0.1) is 7.11 Å². The molecule has 106 valence electrons. The van der Waals surface area contributed by atoms with Crippen LogP contribution in [-0.4, -0.2) is 19.8 Å². The number of nitrogens with one attached hydrogen (secondary N) is 1. The highest BCUT2D eigenvalue weighted by Crippen LogP contribution is 2.32. The average Bonchev–Trinajstić information content (AvgIpc) is 2.90. The van der Waals surface area contributed by atoms with Crippen LogP contribution < -0.4 is 14.8 Å². The first-order valence-electron chi connectivity index (χ1n) is 6.54. The van der Waals surface area contributed by atoms with E-state index in [1.54, 1.807) is 18.2 Å². The van der Waals surface area contributed by atoms with Crippen LogP contribution in [0.4, 0.5) is 8.78 Å². The van der Waals surface area contributed by atoms with Crippen molar-refractivity contribution in [3.05, 3.63) is 23.8 Å². The summed E-state index contributed by atoms with van der Waals surface area (Å²) in [5.74, 6) is 0.469. The maximum absolute atomic E-state index is 12.5. The van der Waals surface area contributed by atoms with Crippen LogP contribution in [0.15, 0.2) is 18.2 Å². The van der Waals surface area contributed by atoms with Gasteiger partial charge in [0.25, 0.3) is 0 Å². The molecule has 0 amide bonds. The normalized spacial score (nSPS) is 16.0. The van der Waals surface area contributed by atoms with Crippen molar-refractivity contribution in [1.29, 1.82) is 0 Å². The lowest BCUT2D eigenvalue weighted by Gasteiger charge is -2.17. The van der Waals surface area contributed by atoms with E-state index in [1.165, 1.54) is 20.0 Å². The summed E-state index contributed by atoms with van der Waals surface area (Å²) < 4.78 is 34.6. The highest BCUT2D eigenvalue weighted by atomic mass is 19.3. The second-order valence-electron chi connectivity index (χ2n) is 4.69. The molecule has 0 heterocycles. The summed E-state index contributed by atoms with van der Waals surface area (Å²) in [5.41, 5.74) is 0.701. The minimum absolute atomic E-state index is 0.130. The zero-order valence-corrected chi connectivity index (χ0v) is 11.0. The number of benzene rings is 1. The van der Waals surface area contributed by atoms with Gasteiger partial charge in [-0.1, -0.05) is 25.0 Å². The molecular formula is C14H19F2NO2. The van der Waals surface area contributed by atoms with E-state index in [0.717, 1.165) is 12.8 Å². The van der Waals surface area contributed by atoms with Gasteiger partial charge in [0.1, 0.15) is 0 Å². The number of halogens is 2. The minimum Gasteiger partial charge on any atom is -0.493 e.